The van der Waals surface area contributed by atoms with Gasteiger partial charge in [-0.1, -0.05) is 23.2 Å². The highest BCUT2D eigenvalue weighted by Crippen LogP contribution is 2.36. The third-order valence-electron chi connectivity index (χ3n) is 5.50. The van der Waals surface area contributed by atoms with Crippen molar-refractivity contribution < 1.29 is 9.13 Å². The molecule has 0 unspecified atom stereocenters. The molecular formula is C21H23Cl2FN6O. The van der Waals surface area contributed by atoms with Gasteiger partial charge in [0.2, 0.25) is 0 Å². The molecule has 10 heteroatoms. The third-order valence-corrected chi connectivity index (χ3v) is 6.21. The molecule has 1 fully saturated rings. The Morgan fingerprint density at radius 3 is 2.71 bits per heavy atom. The Bertz CT molecular complexity index is 1080. The number of anilines is 1. The molecule has 0 bridgehead atoms. The molecule has 2 aromatic heterocycles. The van der Waals surface area contributed by atoms with Gasteiger partial charge in [0.15, 0.2) is 5.82 Å². The number of nitrogens with two attached hydrogens (primary N) is 1. The van der Waals surface area contributed by atoms with Crippen molar-refractivity contribution in [3.05, 3.63) is 52.1 Å². The number of rotatable bonds is 5. The Labute approximate surface area is 189 Å². The fraction of sp³-hybridized carbons (Fsp3) is 0.381. The molecule has 4 rings (SSSR count). The maximum Gasteiger partial charge on any atom is 0.258 e. The predicted molar refractivity (Wildman–Crippen MR) is 119 cm³/mol. The average Bonchev–Trinajstić information content (AvgIpc) is 3.23. The second-order valence-electron chi connectivity index (χ2n) is 7.71. The molecule has 1 saturated heterocycles. The van der Waals surface area contributed by atoms with Gasteiger partial charge in [-0.25, -0.2) is 14.4 Å². The molecule has 0 radical (unpaired) electrons. The minimum absolute atomic E-state index is 0.0953. The van der Waals surface area contributed by atoms with Crippen LogP contribution in [0.4, 0.5) is 10.2 Å². The summed E-state index contributed by atoms with van der Waals surface area (Å²) < 4.78 is 21.7. The smallest absolute Gasteiger partial charge is 0.258 e. The number of nitrogen functional groups attached to an aromatic ring is 1. The van der Waals surface area contributed by atoms with Gasteiger partial charge in [0.05, 0.1) is 29.2 Å². The topological polar surface area (TPSA) is 82.1 Å². The SMILES string of the molecule is C[C@@H](Oc1nc(-c2cnn(C3CCN(C)CC3)c2)cnc1N)c1c(Cl)ccc(F)c1Cl. The van der Waals surface area contributed by atoms with E-state index in [1.807, 2.05) is 10.9 Å². The van der Waals surface area contributed by atoms with E-state index in [1.54, 1.807) is 19.3 Å². The van der Waals surface area contributed by atoms with E-state index in [4.69, 9.17) is 33.7 Å². The van der Waals surface area contributed by atoms with E-state index in [0.29, 0.717) is 22.3 Å². The van der Waals surface area contributed by atoms with Gasteiger partial charge >= 0.3 is 0 Å². The molecule has 164 valence electrons. The van der Waals surface area contributed by atoms with E-state index in [1.165, 1.54) is 12.1 Å². The first-order valence-corrected chi connectivity index (χ1v) is 10.7. The number of hydrogen-bond donors (Lipinski definition) is 1. The summed E-state index contributed by atoms with van der Waals surface area (Å²) in [4.78, 5) is 11.0. The second kappa shape index (κ2) is 8.98. The first-order valence-electron chi connectivity index (χ1n) is 9.99. The Balaban J connectivity index is 1.56. The number of nitrogens with zero attached hydrogens (tertiary/aromatic N) is 5. The lowest BCUT2D eigenvalue weighted by Gasteiger charge is -2.28. The molecule has 1 aliphatic heterocycles. The first kappa shape index (κ1) is 21.8. The van der Waals surface area contributed by atoms with Crippen LogP contribution in [0.25, 0.3) is 11.3 Å². The van der Waals surface area contributed by atoms with Crippen molar-refractivity contribution in [2.45, 2.75) is 31.9 Å². The molecule has 0 spiro atoms. The minimum Gasteiger partial charge on any atom is -0.467 e. The van der Waals surface area contributed by atoms with Crippen LogP contribution in [0.2, 0.25) is 10.0 Å². The molecule has 0 aliphatic carbocycles. The average molecular weight is 465 g/mol. The fourth-order valence-electron chi connectivity index (χ4n) is 3.68. The van der Waals surface area contributed by atoms with Crippen molar-refractivity contribution in [2.75, 3.05) is 25.9 Å². The lowest BCUT2D eigenvalue weighted by atomic mass is 10.1. The molecule has 2 N–H and O–H groups in total. The number of halogens is 3. The predicted octanol–water partition coefficient (Wildman–Crippen LogP) is 4.77. The molecular weight excluding hydrogens is 442 g/mol. The zero-order valence-electron chi connectivity index (χ0n) is 17.2. The summed E-state index contributed by atoms with van der Waals surface area (Å²) in [6.45, 7) is 3.78. The maximum absolute atomic E-state index is 13.9. The molecule has 3 aromatic rings. The molecule has 31 heavy (non-hydrogen) atoms. The molecule has 0 amide bonds. The van der Waals surface area contributed by atoms with E-state index in [-0.39, 0.29) is 16.7 Å². The number of aromatic nitrogens is 4. The van der Waals surface area contributed by atoms with Gasteiger partial charge < -0.3 is 15.4 Å². The van der Waals surface area contributed by atoms with Crippen LogP contribution in [0, 0.1) is 5.82 Å². The summed E-state index contributed by atoms with van der Waals surface area (Å²) >= 11 is 12.3. The van der Waals surface area contributed by atoms with Gasteiger partial charge in [-0.3, -0.25) is 4.68 Å². The summed E-state index contributed by atoms with van der Waals surface area (Å²) in [6.07, 6.45) is 6.70. The van der Waals surface area contributed by atoms with E-state index in [2.05, 4.69) is 27.0 Å². The summed E-state index contributed by atoms with van der Waals surface area (Å²) in [5.74, 6) is -0.346. The summed E-state index contributed by atoms with van der Waals surface area (Å²) in [6, 6.07) is 3.00. The third kappa shape index (κ3) is 4.61. The van der Waals surface area contributed by atoms with Crippen LogP contribution in [0.5, 0.6) is 5.88 Å². The summed E-state index contributed by atoms with van der Waals surface area (Å²) in [7, 11) is 2.13. The number of likely N-dealkylation sites (tertiary alicyclic amines) is 1. The zero-order chi connectivity index (χ0) is 22.1. The zero-order valence-corrected chi connectivity index (χ0v) is 18.7. The van der Waals surface area contributed by atoms with Crippen LogP contribution in [0.1, 0.15) is 37.5 Å². The van der Waals surface area contributed by atoms with Crippen LogP contribution < -0.4 is 10.5 Å². The van der Waals surface area contributed by atoms with Crippen LogP contribution in [-0.4, -0.2) is 44.8 Å². The van der Waals surface area contributed by atoms with Crippen LogP contribution in [0.3, 0.4) is 0 Å². The molecule has 0 saturated carbocycles. The Hall–Kier alpha value is -2.42. The maximum atomic E-state index is 13.9. The Kier molecular flexibility index (Phi) is 6.31. The highest BCUT2D eigenvalue weighted by Gasteiger charge is 2.22. The van der Waals surface area contributed by atoms with Crippen molar-refractivity contribution >= 4 is 29.0 Å². The first-order chi connectivity index (χ1) is 14.8. The van der Waals surface area contributed by atoms with Gasteiger partial charge in [0.25, 0.3) is 5.88 Å². The molecule has 1 atom stereocenters. The van der Waals surface area contributed by atoms with Gasteiger partial charge in [-0.15, -0.1) is 0 Å². The number of piperidine rings is 1. The molecule has 7 nitrogen and oxygen atoms in total. The van der Waals surface area contributed by atoms with Gasteiger partial charge in [-0.2, -0.15) is 5.10 Å². The highest BCUT2D eigenvalue weighted by molar-refractivity contribution is 6.36. The second-order valence-corrected chi connectivity index (χ2v) is 8.49. The van der Waals surface area contributed by atoms with Gasteiger partial charge in [0, 0.05) is 22.3 Å². The van der Waals surface area contributed by atoms with Crippen molar-refractivity contribution in [1.29, 1.82) is 0 Å². The Morgan fingerprint density at radius 1 is 1.23 bits per heavy atom. The molecule has 3 heterocycles. The number of ether oxygens (including phenoxy) is 1. The van der Waals surface area contributed by atoms with Crippen LogP contribution in [-0.2, 0) is 0 Å². The normalized spacial score (nSPS) is 16.4. The summed E-state index contributed by atoms with van der Waals surface area (Å²) in [5.41, 5.74) is 7.68. The number of benzene rings is 1. The van der Waals surface area contributed by atoms with E-state index in [0.717, 1.165) is 31.5 Å². The van der Waals surface area contributed by atoms with Crippen LogP contribution >= 0.6 is 23.2 Å². The number of hydrogen-bond acceptors (Lipinski definition) is 6. The fourth-order valence-corrected chi connectivity index (χ4v) is 4.36. The van der Waals surface area contributed by atoms with E-state index < -0.39 is 11.9 Å². The highest BCUT2D eigenvalue weighted by atomic mass is 35.5. The minimum atomic E-state index is -0.690. The van der Waals surface area contributed by atoms with Crippen molar-refractivity contribution in [3.8, 4) is 17.1 Å². The van der Waals surface area contributed by atoms with Gasteiger partial charge in [0.1, 0.15) is 11.9 Å². The monoisotopic (exact) mass is 464 g/mol. The van der Waals surface area contributed by atoms with Gasteiger partial charge in [-0.05, 0) is 52.0 Å². The molecule has 1 aliphatic rings. The Morgan fingerprint density at radius 2 is 1.97 bits per heavy atom. The van der Waals surface area contributed by atoms with Crippen LogP contribution in [0.15, 0.2) is 30.7 Å². The standard InChI is InChI=1S/C21H23Cl2FN6O/c1-12(18-15(22)3-4-16(24)19(18)23)31-21-20(25)26-10-17(28-21)13-9-27-30(11-13)14-5-7-29(2)8-6-14/h3-4,9-12,14H,5-8H2,1-2H3,(H2,25,26)/t12-/m1/s1. The molecule has 1 aromatic carbocycles. The van der Waals surface area contributed by atoms with Crippen molar-refractivity contribution in [1.82, 2.24) is 24.6 Å². The lowest BCUT2D eigenvalue weighted by Crippen LogP contribution is -2.31. The quantitative estimate of drug-likeness (QED) is 0.547. The van der Waals surface area contributed by atoms with E-state index >= 15 is 0 Å². The van der Waals surface area contributed by atoms with Crippen molar-refractivity contribution in [2.24, 2.45) is 0 Å². The van der Waals surface area contributed by atoms with Crippen molar-refractivity contribution in [3.63, 3.8) is 0 Å². The van der Waals surface area contributed by atoms with E-state index in [9.17, 15) is 4.39 Å². The lowest BCUT2D eigenvalue weighted by molar-refractivity contribution is 0.212. The summed E-state index contributed by atoms with van der Waals surface area (Å²) in [5, 5.41) is 4.71. The largest absolute Gasteiger partial charge is 0.467 e.